The summed E-state index contributed by atoms with van der Waals surface area (Å²) in [5.41, 5.74) is 5.11. The van der Waals surface area contributed by atoms with Crippen molar-refractivity contribution < 1.29 is 22.4 Å². The molecule has 21 heavy (non-hydrogen) atoms. The summed E-state index contributed by atoms with van der Waals surface area (Å²) >= 11 is 0. The van der Waals surface area contributed by atoms with Crippen molar-refractivity contribution in [2.45, 2.75) is 6.92 Å². The third-order valence-corrected chi connectivity index (χ3v) is 2.92. The average molecular weight is 298 g/mol. The zero-order valence-electron chi connectivity index (χ0n) is 10.8. The minimum absolute atomic E-state index is 0.0569. The van der Waals surface area contributed by atoms with Gasteiger partial charge in [0, 0.05) is 11.8 Å². The number of benzene rings is 2. The van der Waals surface area contributed by atoms with Crippen LogP contribution in [0.15, 0.2) is 24.3 Å². The van der Waals surface area contributed by atoms with Crippen LogP contribution in [-0.4, -0.2) is 5.91 Å². The number of para-hydroxylation sites is 1. The lowest BCUT2D eigenvalue weighted by molar-refractivity contribution is 0.102. The molecule has 0 saturated heterocycles. The monoisotopic (exact) mass is 298 g/mol. The Labute approximate surface area is 117 Å². The molecule has 0 bridgehead atoms. The number of rotatable bonds is 2. The van der Waals surface area contributed by atoms with Gasteiger partial charge in [0.15, 0.2) is 23.3 Å². The number of anilines is 2. The molecule has 0 radical (unpaired) electrons. The quantitative estimate of drug-likeness (QED) is 0.507. The van der Waals surface area contributed by atoms with E-state index < -0.39 is 34.9 Å². The van der Waals surface area contributed by atoms with Gasteiger partial charge < -0.3 is 11.1 Å². The Kier molecular flexibility index (Phi) is 3.84. The van der Waals surface area contributed by atoms with Crippen LogP contribution in [0.3, 0.4) is 0 Å². The van der Waals surface area contributed by atoms with Gasteiger partial charge in [0.05, 0.1) is 5.56 Å². The number of nitrogen functional groups attached to an aromatic ring is 1. The van der Waals surface area contributed by atoms with E-state index in [1.54, 1.807) is 18.3 Å². The highest BCUT2D eigenvalue weighted by molar-refractivity contribution is 6.08. The Hall–Kier alpha value is -2.57. The fourth-order valence-electron chi connectivity index (χ4n) is 1.74. The highest BCUT2D eigenvalue weighted by Gasteiger charge is 2.22. The van der Waals surface area contributed by atoms with Crippen molar-refractivity contribution in [2.24, 2.45) is 0 Å². The minimum Gasteiger partial charge on any atom is -0.398 e. The van der Waals surface area contributed by atoms with Crippen molar-refractivity contribution in [1.29, 1.82) is 0 Å². The lowest BCUT2D eigenvalue weighted by Gasteiger charge is -2.11. The average Bonchev–Trinajstić information content (AvgIpc) is 2.44. The van der Waals surface area contributed by atoms with Crippen LogP contribution in [0.2, 0.25) is 0 Å². The summed E-state index contributed by atoms with van der Waals surface area (Å²) in [6, 6.07) is 4.53. The molecule has 7 heteroatoms. The van der Waals surface area contributed by atoms with E-state index in [2.05, 4.69) is 0 Å². The van der Waals surface area contributed by atoms with Gasteiger partial charge in [0.25, 0.3) is 5.91 Å². The first-order valence-electron chi connectivity index (χ1n) is 5.82. The summed E-state index contributed by atoms with van der Waals surface area (Å²) in [6.07, 6.45) is 0. The molecule has 0 saturated carbocycles. The standard InChI is InChI=1S/C14H10F4N2O/c1-6-3-2-4-7(12(6)19)14(21)20-13-10(17)8(15)5-9(16)11(13)18/h2-5H,19H2,1H3,(H,20,21). The molecule has 0 fully saturated rings. The molecule has 110 valence electrons. The van der Waals surface area contributed by atoms with E-state index in [9.17, 15) is 22.4 Å². The molecule has 0 aliphatic heterocycles. The number of aryl methyl sites for hydroxylation is 1. The fraction of sp³-hybridized carbons (Fsp3) is 0.0714. The van der Waals surface area contributed by atoms with E-state index in [1.807, 2.05) is 0 Å². The number of carbonyl (C=O) groups excluding carboxylic acids is 1. The summed E-state index contributed by atoms with van der Waals surface area (Å²) < 4.78 is 53.1. The number of carbonyl (C=O) groups is 1. The topological polar surface area (TPSA) is 55.1 Å². The molecular formula is C14H10F4N2O. The second-order valence-electron chi connectivity index (χ2n) is 4.33. The van der Waals surface area contributed by atoms with Crippen molar-refractivity contribution in [2.75, 3.05) is 11.1 Å². The zero-order valence-corrected chi connectivity index (χ0v) is 10.8. The first kappa shape index (κ1) is 14.8. The molecule has 0 spiro atoms. The fourth-order valence-corrected chi connectivity index (χ4v) is 1.74. The third kappa shape index (κ3) is 2.67. The van der Waals surface area contributed by atoms with Crippen LogP contribution in [0.25, 0.3) is 0 Å². The minimum atomic E-state index is -1.69. The third-order valence-electron chi connectivity index (χ3n) is 2.92. The Morgan fingerprint density at radius 1 is 1.10 bits per heavy atom. The Morgan fingerprint density at radius 3 is 2.24 bits per heavy atom. The van der Waals surface area contributed by atoms with Crippen molar-refractivity contribution in [3.8, 4) is 0 Å². The molecule has 0 unspecified atom stereocenters. The molecule has 1 amide bonds. The number of halogens is 4. The van der Waals surface area contributed by atoms with E-state index in [-0.39, 0.29) is 17.3 Å². The number of hydrogen-bond donors (Lipinski definition) is 2. The first-order valence-corrected chi connectivity index (χ1v) is 5.82. The van der Waals surface area contributed by atoms with Crippen LogP contribution in [0.5, 0.6) is 0 Å². The molecule has 0 heterocycles. The van der Waals surface area contributed by atoms with Crippen molar-refractivity contribution in [1.82, 2.24) is 0 Å². The van der Waals surface area contributed by atoms with E-state index in [1.165, 1.54) is 12.1 Å². The van der Waals surface area contributed by atoms with Crippen LogP contribution in [0.1, 0.15) is 15.9 Å². The highest BCUT2D eigenvalue weighted by atomic mass is 19.2. The number of hydrogen-bond acceptors (Lipinski definition) is 2. The number of nitrogens with two attached hydrogens (primary N) is 1. The lowest BCUT2D eigenvalue weighted by Crippen LogP contribution is -2.17. The van der Waals surface area contributed by atoms with Gasteiger partial charge in [-0.25, -0.2) is 17.6 Å². The van der Waals surface area contributed by atoms with E-state index in [4.69, 9.17) is 5.73 Å². The Balaban J connectivity index is 2.43. The second kappa shape index (κ2) is 5.43. The maximum atomic E-state index is 13.5. The first-order chi connectivity index (χ1) is 9.82. The second-order valence-corrected chi connectivity index (χ2v) is 4.33. The molecule has 3 nitrogen and oxygen atoms in total. The van der Waals surface area contributed by atoms with E-state index >= 15 is 0 Å². The van der Waals surface area contributed by atoms with E-state index in [0.29, 0.717) is 5.56 Å². The summed E-state index contributed by atoms with van der Waals surface area (Å²) in [5, 5.41) is 1.80. The molecule has 0 aromatic heterocycles. The molecule has 2 aromatic rings. The van der Waals surface area contributed by atoms with Gasteiger partial charge in [-0.3, -0.25) is 4.79 Å². The van der Waals surface area contributed by atoms with Gasteiger partial charge in [-0.2, -0.15) is 0 Å². The number of nitrogens with one attached hydrogen (secondary N) is 1. The molecule has 0 atom stereocenters. The van der Waals surface area contributed by atoms with Gasteiger partial charge in [-0.05, 0) is 18.6 Å². The van der Waals surface area contributed by atoms with Crippen LogP contribution >= 0.6 is 0 Å². The predicted octanol–water partition coefficient (Wildman–Crippen LogP) is 3.39. The van der Waals surface area contributed by atoms with Crippen molar-refractivity contribution >= 4 is 17.3 Å². The summed E-state index contributed by atoms with van der Waals surface area (Å²) in [7, 11) is 0. The highest BCUT2D eigenvalue weighted by Crippen LogP contribution is 2.25. The smallest absolute Gasteiger partial charge is 0.257 e. The normalized spacial score (nSPS) is 10.5. The lowest BCUT2D eigenvalue weighted by atomic mass is 10.1. The van der Waals surface area contributed by atoms with Gasteiger partial charge in [-0.1, -0.05) is 12.1 Å². The summed E-state index contributed by atoms with van der Waals surface area (Å²) in [6.45, 7) is 1.63. The van der Waals surface area contributed by atoms with Gasteiger partial charge in [0.1, 0.15) is 5.69 Å². The van der Waals surface area contributed by atoms with E-state index in [0.717, 1.165) is 0 Å². The van der Waals surface area contributed by atoms with Crippen LogP contribution in [0, 0.1) is 30.2 Å². The summed E-state index contributed by atoms with van der Waals surface area (Å²) in [4.78, 5) is 11.9. The van der Waals surface area contributed by atoms with Gasteiger partial charge >= 0.3 is 0 Å². The zero-order chi connectivity index (χ0) is 15.7. The van der Waals surface area contributed by atoms with Crippen LogP contribution in [0.4, 0.5) is 28.9 Å². The van der Waals surface area contributed by atoms with Crippen molar-refractivity contribution in [3.63, 3.8) is 0 Å². The SMILES string of the molecule is Cc1cccc(C(=O)Nc2c(F)c(F)cc(F)c2F)c1N. The molecule has 0 aliphatic carbocycles. The van der Waals surface area contributed by atoms with Crippen LogP contribution in [-0.2, 0) is 0 Å². The van der Waals surface area contributed by atoms with Gasteiger partial charge in [-0.15, -0.1) is 0 Å². The molecular weight excluding hydrogens is 288 g/mol. The molecule has 2 aromatic carbocycles. The van der Waals surface area contributed by atoms with Crippen molar-refractivity contribution in [3.05, 3.63) is 58.7 Å². The molecule has 3 N–H and O–H groups in total. The Bertz CT molecular complexity index is 705. The Morgan fingerprint density at radius 2 is 1.67 bits per heavy atom. The molecule has 0 aliphatic rings. The predicted molar refractivity (Wildman–Crippen MR) is 69.8 cm³/mol. The maximum absolute atomic E-state index is 13.5. The maximum Gasteiger partial charge on any atom is 0.257 e. The number of amides is 1. The largest absolute Gasteiger partial charge is 0.398 e. The van der Waals surface area contributed by atoms with Gasteiger partial charge in [0.2, 0.25) is 0 Å². The molecule has 2 rings (SSSR count). The summed E-state index contributed by atoms with van der Waals surface area (Å²) in [5.74, 6) is -7.57. The van der Waals surface area contributed by atoms with Crippen LogP contribution < -0.4 is 11.1 Å².